The molecule has 1 atom stereocenters. The van der Waals surface area contributed by atoms with Crippen molar-refractivity contribution in [1.29, 1.82) is 0 Å². The van der Waals surface area contributed by atoms with Crippen molar-refractivity contribution in [3.05, 3.63) is 68.1 Å². The Hall–Kier alpha value is -2.60. The quantitative estimate of drug-likeness (QED) is 0.716. The van der Waals surface area contributed by atoms with Crippen LogP contribution >= 0.6 is 11.6 Å². The zero-order valence-electron chi connectivity index (χ0n) is 16.1. The van der Waals surface area contributed by atoms with Crippen LogP contribution in [-0.2, 0) is 16.6 Å². The van der Waals surface area contributed by atoms with Crippen molar-refractivity contribution in [1.82, 2.24) is 10.3 Å². The summed E-state index contributed by atoms with van der Waals surface area (Å²) < 4.78 is 0. The minimum absolute atomic E-state index is 0.0120. The lowest BCUT2D eigenvalue weighted by Crippen LogP contribution is -2.45. The molecule has 2 aliphatic rings. The maximum atomic E-state index is 13.5. The molecule has 4 N–H and O–H groups in total. The summed E-state index contributed by atoms with van der Waals surface area (Å²) in [7, 11) is 0. The number of pyridine rings is 1. The molecule has 0 saturated heterocycles. The van der Waals surface area contributed by atoms with Gasteiger partial charge in [0, 0.05) is 10.7 Å². The van der Waals surface area contributed by atoms with E-state index in [1.165, 1.54) is 0 Å². The van der Waals surface area contributed by atoms with Gasteiger partial charge < -0.3 is 16.0 Å². The molecule has 2 aliphatic carbocycles. The molecule has 4 rings (SSSR count). The van der Waals surface area contributed by atoms with Gasteiger partial charge in [-0.25, -0.2) is 0 Å². The third-order valence-electron chi connectivity index (χ3n) is 6.31. The van der Waals surface area contributed by atoms with Gasteiger partial charge >= 0.3 is 0 Å². The molecule has 1 heterocycles. The highest BCUT2D eigenvalue weighted by Gasteiger charge is 2.43. The number of rotatable bonds is 4. The van der Waals surface area contributed by atoms with Crippen LogP contribution in [0.2, 0.25) is 5.02 Å². The summed E-state index contributed by atoms with van der Waals surface area (Å²) >= 11 is 6.04. The minimum atomic E-state index is -0.766. The summed E-state index contributed by atoms with van der Waals surface area (Å²) in [5.41, 5.74) is 6.75. The molecule has 1 saturated carbocycles. The van der Waals surface area contributed by atoms with Gasteiger partial charge in [-0.3, -0.25) is 14.4 Å². The summed E-state index contributed by atoms with van der Waals surface area (Å²) in [5, 5.41) is 3.86. The first kappa shape index (κ1) is 19.7. The fourth-order valence-electron chi connectivity index (χ4n) is 4.76. The van der Waals surface area contributed by atoms with Crippen molar-refractivity contribution in [2.75, 3.05) is 0 Å². The van der Waals surface area contributed by atoms with Crippen LogP contribution in [0.4, 0.5) is 0 Å². The second-order valence-corrected chi connectivity index (χ2v) is 8.46. The summed E-state index contributed by atoms with van der Waals surface area (Å²) in [5.74, 6) is -0.778. The number of aromatic amines is 1. The van der Waals surface area contributed by atoms with E-state index in [-0.39, 0.29) is 17.5 Å². The first-order valence-electron chi connectivity index (χ1n) is 10.0. The number of hydrogen-bond acceptors (Lipinski definition) is 3. The number of nitrogens with two attached hydrogens (primary N) is 1. The van der Waals surface area contributed by atoms with Gasteiger partial charge in [-0.1, -0.05) is 36.6 Å². The van der Waals surface area contributed by atoms with Gasteiger partial charge in [0.1, 0.15) is 5.56 Å². The van der Waals surface area contributed by atoms with Gasteiger partial charge in [0.05, 0.1) is 11.5 Å². The lowest BCUT2D eigenvalue weighted by Gasteiger charge is -2.33. The molecule has 0 spiro atoms. The highest BCUT2D eigenvalue weighted by Crippen LogP contribution is 2.42. The van der Waals surface area contributed by atoms with Crippen molar-refractivity contribution in [3.8, 4) is 0 Å². The van der Waals surface area contributed by atoms with Crippen molar-refractivity contribution in [2.24, 2.45) is 5.73 Å². The minimum Gasteiger partial charge on any atom is -0.365 e. The molecule has 2 amide bonds. The largest absolute Gasteiger partial charge is 0.365 e. The van der Waals surface area contributed by atoms with Crippen LogP contribution in [0.15, 0.2) is 35.1 Å². The highest BCUT2D eigenvalue weighted by atomic mass is 35.5. The van der Waals surface area contributed by atoms with Crippen LogP contribution in [0.3, 0.4) is 0 Å². The van der Waals surface area contributed by atoms with E-state index in [0.29, 0.717) is 11.4 Å². The van der Waals surface area contributed by atoms with Gasteiger partial charge in [0.25, 0.3) is 11.5 Å². The molecule has 0 radical (unpaired) electrons. The number of fused-ring (bicyclic) bond motifs is 1. The molecule has 0 aliphatic heterocycles. The zero-order chi connectivity index (χ0) is 20.6. The average molecular weight is 414 g/mol. The number of amides is 2. The third-order valence-corrected chi connectivity index (χ3v) is 6.56. The maximum absolute atomic E-state index is 13.5. The predicted octanol–water partition coefficient (Wildman–Crippen LogP) is 3.13. The average Bonchev–Trinajstić information content (AvgIpc) is 3.19. The zero-order valence-corrected chi connectivity index (χ0v) is 16.8. The number of H-pyrrole nitrogens is 1. The Morgan fingerprint density at radius 3 is 2.48 bits per heavy atom. The molecule has 1 fully saturated rings. The van der Waals surface area contributed by atoms with E-state index in [1.807, 2.05) is 24.3 Å². The van der Waals surface area contributed by atoms with Crippen molar-refractivity contribution < 1.29 is 9.59 Å². The van der Waals surface area contributed by atoms with E-state index < -0.39 is 16.9 Å². The molecular formula is C22H24ClN3O3. The maximum Gasteiger partial charge on any atom is 0.261 e. The standard InChI is InChI=1S/C22H24ClN3O3/c23-14-8-6-13(7-9-14)22(10-1-2-11-22)21(29)26-18-5-3-4-17-15(18)12-16(19(24)27)20(28)25-17/h6-9,12,18H,1-5,10-11H2,(H2,24,27)(H,25,28)(H,26,29). The van der Waals surface area contributed by atoms with Crippen LogP contribution in [0, 0.1) is 0 Å². The molecule has 1 aromatic heterocycles. The van der Waals surface area contributed by atoms with Gasteiger partial charge in [-0.15, -0.1) is 0 Å². The van der Waals surface area contributed by atoms with E-state index in [1.54, 1.807) is 6.07 Å². The third kappa shape index (κ3) is 3.57. The van der Waals surface area contributed by atoms with E-state index in [0.717, 1.165) is 55.3 Å². The summed E-state index contributed by atoms with van der Waals surface area (Å²) in [6.45, 7) is 0. The SMILES string of the molecule is NC(=O)c1cc2c([nH]c1=O)CCCC2NC(=O)C1(c2ccc(Cl)cc2)CCCC1. The highest BCUT2D eigenvalue weighted by molar-refractivity contribution is 6.30. The topological polar surface area (TPSA) is 105 Å². The molecule has 1 aromatic carbocycles. The molecule has 29 heavy (non-hydrogen) atoms. The molecule has 0 bridgehead atoms. The number of halogens is 1. The monoisotopic (exact) mass is 413 g/mol. The Kier molecular flexibility index (Phi) is 5.21. The van der Waals surface area contributed by atoms with Crippen molar-refractivity contribution in [2.45, 2.75) is 56.4 Å². The van der Waals surface area contributed by atoms with Crippen LogP contribution in [0.1, 0.15) is 71.7 Å². The Labute approximate surface area is 173 Å². The van der Waals surface area contributed by atoms with E-state index in [4.69, 9.17) is 17.3 Å². The summed E-state index contributed by atoms with van der Waals surface area (Å²) in [4.78, 5) is 40.0. The number of carbonyl (C=O) groups is 2. The molecule has 2 aromatic rings. The Balaban J connectivity index is 1.66. The van der Waals surface area contributed by atoms with E-state index in [2.05, 4.69) is 10.3 Å². The molecule has 6 nitrogen and oxygen atoms in total. The second kappa shape index (κ2) is 7.67. The van der Waals surface area contributed by atoms with Gasteiger partial charge in [-0.2, -0.15) is 0 Å². The van der Waals surface area contributed by atoms with E-state index in [9.17, 15) is 14.4 Å². The molecular weight excluding hydrogens is 390 g/mol. The Bertz CT molecular complexity index is 1010. The molecule has 7 heteroatoms. The first-order chi connectivity index (χ1) is 13.9. The lowest BCUT2D eigenvalue weighted by molar-refractivity contribution is -0.127. The number of aryl methyl sites for hydroxylation is 1. The number of hydrogen-bond donors (Lipinski definition) is 3. The van der Waals surface area contributed by atoms with Gasteiger partial charge in [0.2, 0.25) is 5.91 Å². The Morgan fingerprint density at radius 2 is 1.83 bits per heavy atom. The number of carbonyl (C=O) groups excluding carboxylic acids is 2. The van der Waals surface area contributed by atoms with Crippen LogP contribution in [-0.4, -0.2) is 16.8 Å². The van der Waals surface area contributed by atoms with Crippen LogP contribution < -0.4 is 16.6 Å². The number of nitrogens with one attached hydrogen (secondary N) is 2. The second-order valence-electron chi connectivity index (χ2n) is 8.02. The summed E-state index contributed by atoms with van der Waals surface area (Å²) in [6, 6.07) is 8.80. The normalized spacial score (nSPS) is 20.1. The van der Waals surface area contributed by atoms with Gasteiger partial charge in [0.15, 0.2) is 0 Å². The molecule has 1 unspecified atom stereocenters. The number of benzene rings is 1. The fraction of sp³-hybridized carbons (Fsp3) is 0.409. The smallest absolute Gasteiger partial charge is 0.261 e. The Morgan fingerprint density at radius 1 is 1.14 bits per heavy atom. The fourth-order valence-corrected chi connectivity index (χ4v) is 4.89. The van der Waals surface area contributed by atoms with Gasteiger partial charge in [-0.05, 0) is 61.4 Å². The summed E-state index contributed by atoms with van der Waals surface area (Å²) in [6.07, 6.45) is 5.87. The first-order valence-corrected chi connectivity index (χ1v) is 10.4. The van der Waals surface area contributed by atoms with Crippen molar-refractivity contribution in [3.63, 3.8) is 0 Å². The van der Waals surface area contributed by atoms with Crippen LogP contribution in [0.5, 0.6) is 0 Å². The molecule has 152 valence electrons. The van der Waals surface area contributed by atoms with Crippen LogP contribution in [0.25, 0.3) is 0 Å². The van der Waals surface area contributed by atoms with E-state index >= 15 is 0 Å². The van der Waals surface area contributed by atoms with Crippen molar-refractivity contribution >= 4 is 23.4 Å². The lowest BCUT2D eigenvalue weighted by atomic mass is 9.77. The number of primary amides is 1. The number of aromatic nitrogens is 1. The predicted molar refractivity (Wildman–Crippen MR) is 111 cm³/mol.